The number of benzene rings is 10. The molecule has 1 heterocycles. The Balaban J connectivity index is 1.19. The molecule has 11 aromatic rings. The minimum Gasteiger partial charge on any atom is -0.309 e. The van der Waals surface area contributed by atoms with E-state index in [9.17, 15) is 0 Å². The van der Waals surface area contributed by atoms with Gasteiger partial charge in [-0.25, -0.2) is 0 Å². The fourth-order valence-corrected chi connectivity index (χ4v) is 8.59. The van der Waals surface area contributed by atoms with Crippen molar-refractivity contribution in [1.82, 2.24) is 4.57 Å². The molecule has 1 aromatic heterocycles. The average Bonchev–Trinajstić information content (AvgIpc) is 3.55. The van der Waals surface area contributed by atoms with Crippen LogP contribution in [0.4, 0.5) is 0 Å². The maximum absolute atomic E-state index is 2.48. The molecule has 236 valence electrons. The van der Waals surface area contributed by atoms with Crippen LogP contribution in [0.3, 0.4) is 0 Å². The van der Waals surface area contributed by atoms with Crippen LogP contribution in [-0.2, 0) is 0 Å². The van der Waals surface area contributed by atoms with E-state index in [-0.39, 0.29) is 0 Å². The number of aromatic nitrogens is 1. The van der Waals surface area contributed by atoms with Crippen molar-refractivity contribution >= 4 is 75.7 Å². The van der Waals surface area contributed by atoms with Gasteiger partial charge in [-0.3, -0.25) is 0 Å². The molecule has 51 heavy (non-hydrogen) atoms. The van der Waals surface area contributed by atoms with E-state index >= 15 is 0 Å². The largest absolute Gasteiger partial charge is 0.309 e. The third-order valence-corrected chi connectivity index (χ3v) is 10.9. The molecular formula is C50H31N. The Labute approximate surface area is 295 Å². The molecule has 0 aliphatic rings. The van der Waals surface area contributed by atoms with E-state index in [1.807, 2.05) is 0 Å². The lowest BCUT2D eigenvalue weighted by molar-refractivity contribution is 1.19. The van der Waals surface area contributed by atoms with Crippen LogP contribution in [0.5, 0.6) is 0 Å². The molecule has 1 heteroatoms. The van der Waals surface area contributed by atoms with E-state index in [1.165, 1.54) is 104 Å². The van der Waals surface area contributed by atoms with Crippen molar-refractivity contribution in [3.63, 3.8) is 0 Å². The highest BCUT2D eigenvalue weighted by atomic mass is 15.0. The fraction of sp³-hybridized carbons (Fsp3) is 0. The van der Waals surface area contributed by atoms with E-state index < -0.39 is 0 Å². The molecule has 0 aliphatic heterocycles. The molecule has 0 spiro atoms. The molecule has 11 rings (SSSR count). The van der Waals surface area contributed by atoms with Gasteiger partial charge >= 0.3 is 0 Å². The molecule has 0 radical (unpaired) electrons. The molecule has 0 fully saturated rings. The van der Waals surface area contributed by atoms with Crippen LogP contribution in [0.25, 0.3) is 104 Å². The van der Waals surface area contributed by atoms with Crippen LogP contribution in [0.2, 0.25) is 0 Å². The second kappa shape index (κ2) is 10.9. The number of fused-ring (bicyclic) bond motifs is 11. The van der Waals surface area contributed by atoms with Crippen LogP contribution in [-0.4, -0.2) is 4.57 Å². The van der Waals surface area contributed by atoms with E-state index in [2.05, 4.69) is 193 Å². The van der Waals surface area contributed by atoms with Gasteiger partial charge in [-0.1, -0.05) is 158 Å². The molecule has 0 N–H and O–H groups in total. The fourth-order valence-electron chi connectivity index (χ4n) is 8.59. The second-order valence-electron chi connectivity index (χ2n) is 13.7. The molecule has 0 saturated heterocycles. The van der Waals surface area contributed by atoms with Crippen LogP contribution in [0, 0.1) is 0 Å². The first kappa shape index (κ1) is 28.2. The Morgan fingerprint density at radius 2 is 0.784 bits per heavy atom. The van der Waals surface area contributed by atoms with E-state index in [4.69, 9.17) is 0 Å². The topological polar surface area (TPSA) is 4.93 Å². The van der Waals surface area contributed by atoms with Gasteiger partial charge in [0.25, 0.3) is 0 Å². The normalized spacial score (nSPS) is 11.9. The highest BCUT2D eigenvalue weighted by molar-refractivity contribution is 6.30. The molecule has 10 aromatic carbocycles. The van der Waals surface area contributed by atoms with E-state index in [1.54, 1.807) is 0 Å². The van der Waals surface area contributed by atoms with Gasteiger partial charge in [-0.2, -0.15) is 0 Å². The molecule has 0 amide bonds. The number of nitrogens with zero attached hydrogens (tertiary/aromatic N) is 1. The summed E-state index contributed by atoms with van der Waals surface area (Å²) in [5, 5.41) is 15.3. The molecule has 0 bridgehead atoms. The highest BCUT2D eigenvalue weighted by Gasteiger charge is 2.20. The van der Waals surface area contributed by atoms with Crippen molar-refractivity contribution in [1.29, 1.82) is 0 Å². The SMILES string of the molecule is c1ccc2cc(-n3c4ccc5ccccc5c4c4c5ccccc5c(-c5ccc(-c6cc7ccccc7c7ccccc67)cc5)cc43)ccc2c1. The summed E-state index contributed by atoms with van der Waals surface area (Å²) >= 11 is 0. The smallest absolute Gasteiger partial charge is 0.0553 e. The van der Waals surface area contributed by atoms with Crippen LogP contribution in [0.15, 0.2) is 188 Å². The van der Waals surface area contributed by atoms with Crippen LogP contribution >= 0.6 is 0 Å². The standard InChI is InChI=1S/C50H31N/c1-2-13-36-29-38(27-25-32(36)11-1)51-47-28-26-33-12-3-6-16-40(33)49(47)50-44-20-10-9-19-43(44)46(31-48(50)51)35-23-21-34(22-24-35)45-30-37-14-4-5-15-39(37)41-17-7-8-18-42(41)45/h1-31H. The van der Waals surface area contributed by atoms with Gasteiger partial charge in [-0.15, -0.1) is 0 Å². The van der Waals surface area contributed by atoms with Gasteiger partial charge in [0, 0.05) is 16.5 Å². The Bertz CT molecular complexity index is 3180. The Morgan fingerprint density at radius 1 is 0.275 bits per heavy atom. The Kier molecular flexibility index (Phi) is 6.02. The van der Waals surface area contributed by atoms with Gasteiger partial charge in [-0.05, 0) is 106 Å². The van der Waals surface area contributed by atoms with Crippen LogP contribution in [0.1, 0.15) is 0 Å². The zero-order valence-electron chi connectivity index (χ0n) is 27.8. The average molecular weight is 646 g/mol. The summed E-state index contributed by atoms with van der Waals surface area (Å²) in [4.78, 5) is 0. The van der Waals surface area contributed by atoms with Gasteiger partial charge in [0.1, 0.15) is 0 Å². The lowest BCUT2D eigenvalue weighted by Gasteiger charge is -2.14. The number of hydrogen-bond donors (Lipinski definition) is 0. The molecule has 0 atom stereocenters. The Morgan fingerprint density at radius 3 is 1.53 bits per heavy atom. The number of hydrogen-bond acceptors (Lipinski definition) is 0. The zero-order chi connectivity index (χ0) is 33.5. The minimum atomic E-state index is 1.17. The first-order chi connectivity index (χ1) is 25.3. The van der Waals surface area contributed by atoms with E-state index in [0.717, 1.165) is 0 Å². The van der Waals surface area contributed by atoms with Gasteiger partial charge in [0.15, 0.2) is 0 Å². The zero-order valence-corrected chi connectivity index (χ0v) is 27.8. The summed E-state index contributed by atoms with van der Waals surface area (Å²) in [5.41, 5.74) is 8.55. The lowest BCUT2D eigenvalue weighted by atomic mass is 9.91. The first-order valence-electron chi connectivity index (χ1n) is 17.7. The molecule has 1 nitrogen and oxygen atoms in total. The summed E-state index contributed by atoms with van der Waals surface area (Å²) in [5.74, 6) is 0. The summed E-state index contributed by atoms with van der Waals surface area (Å²) < 4.78 is 2.48. The predicted molar refractivity (Wildman–Crippen MR) is 219 cm³/mol. The molecule has 0 saturated carbocycles. The minimum absolute atomic E-state index is 1.17. The maximum atomic E-state index is 2.48. The first-order valence-corrected chi connectivity index (χ1v) is 17.7. The monoisotopic (exact) mass is 645 g/mol. The molecule has 0 unspecified atom stereocenters. The van der Waals surface area contributed by atoms with Gasteiger partial charge in [0.05, 0.1) is 11.0 Å². The molecular weight excluding hydrogens is 615 g/mol. The third kappa shape index (κ3) is 4.22. The lowest BCUT2D eigenvalue weighted by Crippen LogP contribution is -1.94. The van der Waals surface area contributed by atoms with Gasteiger partial charge in [0.2, 0.25) is 0 Å². The summed E-state index contributed by atoms with van der Waals surface area (Å²) in [6.07, 6.45) is 0. The van der Waals surface area contributed by atoms with Crippen molar-refractivity contribution in [3.8, 4) is 27.9 Å². The number of rotatable bonds is 3. The van der Waals surface area contributed by atoms with Crippen molar-refractivity contribution < 1.29 is 0 Å². The summed E-state index contributed by atoms with van der Waals surface area (Å²) in [6.45, 7) is 0. The third-order valence-electron chi connectivity index (χ3n) is 10.9. The Hall–Kier alpha value is -6.70. The van der Waals surface area contributed by atoms with Crippen LogP contribution < -0.4 is 0 Å². The quantitative estimate of drug-likeness (QED) is 0.169. The highest BCUT2D eigenvalue weighted by Crippen LogP contribution is 2.44. The van der Waals surface area contributed by atoms with Crippen molar-refractivity contribution in [2.45, 2.75) is 0 Å². The predicted octanol–water partition coefficient (Wildman–Crippen LogP) is 13.9. The van der Waals surface area contributed by atoms with Gasteiger partial charge < -0.3 is 4.57 Å². The molecule has 0 aliphatic carbocycles. The maximum Gasteiger partial charge on any atom is 0.0553 e. The van der Waals surface area contributed by atoms with Crippen molar-refractivity contribution in [2.75, 3.05) is 0 Å². The van der Waals surface area contributed by atoms with Crippen molar-refractivity contribution in [3.05, 3.63) is 188 Å². The summed E-state index contributed by atoms with van der Waals surface area (Å²) in [7, 11) is 0. The van der Waals surface area contributed by atoms with E-state index in [0.29, 0.717) is 0 Å². The van der Waals surface area contributed by atoms with Crippen molar-refractivity contribution in [2.24, 2.45) is 0 Å². The summed E-state index contributed by atoms with van der Waals surface area (Å²) in [6, 6.07) is 69.3. The second-order valence-corrected chi connectivity index (χ2v) is 13.7.